The lowest BCUT2D eigenvalue weighted by Gasteiger charge is -2.47. The van der Waals surface area contributed by atoms with Crippen molar-refractivity contribution in [2.75, 3.05) is 18.8 Å². The summed E-state index contributed by atoms with van der Waals surface area (Å²) in [6.45, 7) is 0.563. The van der Waals surface area contributed by atoms with Crippen molar-refractivity contribution < 1.29 is 79.1 Å². The van der Waals surface area contributed by atoms with Crippen molar-refractivity contribution in [3.05, 3.63) is 118 Å². The number of carbonyl (C=O) groups is 6. The number of hydrogen-bond acceptors (Lipinski definition) is 16. The first-order valence-corrected chi connectivity index (χ1v) is 26.8. The van der Waals surface area contributed by atoms with Gasteiger partial charge in [0.05, 0.1) is 27.9 Å². The van der Waals surface area contributed by atoms with Gasteiger partial charge in [-0.2, -0.15) is 16.8 Å². The van der Waals surface area contributed by atoms with Gasteiger partial charge in [0.15, 0.2) is 26.9 Å². The molecule has 2 heterocycles. The van der Waals surface area contributed by atoms with E-state index in [-0.39, 0.29) is 92.5 Å². The van der Waals surface area contributed by atoms with Crippen LogP contribution in [-0.4, -0.2) is 101 Å². The minimum absolute atomic E-state index is 0.00230. The number of Topliss-reactive ketones (excluding diaryl/α,β-unsaturated/α-hetero) is 2. The molecule has 1 unspecified atom stereocenters. The Morgan fingerprint density at radius 3 is 1.92 bits per heavy atom. The summed E-state index contributed by atoms with van der Waals surface area (Å²) in [5.74, 6) is -4.42. The van der Waals surface area contributed by atoms with Gasteiger partial charge in [0, 0.05) is 65.6 Å². The van der Waals surface area contributed by atoms with Crippen LogP contribution in [0.2, 0.25) is 0 Å². The number of nitrogens with zero attached hydrogens (tertiary/aromatic N) is 1. The fraction of sp³-hybridized carbons (Fsp3) is 0.275. The molecule has 22 nitrogen and oxygen atoms in total. The number of carboxylic acid groups (broad SMARTS) is 1. The van der Waals surface area contributed by atoms with Gasteiger partial charge < -0.3 is 45.8 Å². The number of aromatic carboxylic acids is 1. The molecule has 1 aliphatic carbocycles. The highest BCUT2D eigenvalue weighted by Crippen LogP contribution is 2.46. The van der Waals surface area contributed by atoms with E-state index >= 15 is 0 Å². The Kier molecular flexibility index (Phi) is 16.6. The molecule has 0 radical (unpaired) electrons. The van der Waals surface area contributed by atoms with Crippen LogP contribution < -0.4 is 31.8 Å². The molecule has 1 atom stereocenters. The van der Waals surface area contributed by atoms with E-state index in [4.69, 9.17) is 20.2 Å². The molecular formula is C51H53BN5O17S2-. The summed E-state index contributed by atoms with van der Waals surface area (Å²) in [6.07, 6.45) is 5.26. The molecule has 0 aromatic heterocycles. The van der Waals surface area contributed by atoms with Crippen LogP contribution in [0.15, 0.2) is 99.1 Å². The summed E-state index contributed by atoms with van der Waals surface area (Å²) in [7, 11) is -10.5. The summed E-state index contributed by atoms with van der Waals surface area (Å²) in [5, 5.41) is 45.2. The molecule has 10 N–H and O–H groups in total. The van der Waals surface area contributed by atoms with Crippen LogP contribution in [0.4, 0.5) is 5.69 Å². The number of hydrogen-bond donors (Lipinski definition) is 9. The number of ketones is 2. The summed E-state index contributed by atoms with van der Waals surface area (Å²) in [6, 6.07) is 17.1. The number of nitrogens with one attached hydrogen (secondary N) is 3. The van der Waals surface area contributed by atoms with Crippen molar-refractivity contribution in [3.8, 4) is 28.2 Å². The molecular weight excluding hydrogens is 1030 g/mol. The van der Waals surface area contributed by atoms with E-state index in [2.05, 4.69) is 24.5 Å². The highest BCUT2D eigenvalue weighted by molar-refractivity contribution is 7.86. The number of carboxylic acids is 1. The van der Waals surface area contributed by atoms with Crippen LogP contribution in [-0.2, 0) is 25.0 Å². The number of hydroxylamine groups is 1. The Balaban J connectivity index is 0.984. The Morgan fingerprint density at radius 1 is 0.724 bits per heavy atom. The van der Waals surface area contributed by atoms with Crippen molar-refractivity contribution in [3.63, 3.8) is 0 Å². The predicted molar refractivity (Wildman–Crippen MR) is 275 cm³/mol. The third kappa shape index (κ3) is 12.0. The van der Waals surface area contributed by atoms with Crippen molar-refractivity contribution in [1.29, 1.82) is 5.41 Å². The highest BCUT2D eigenvalue weighted by Gasteiger charge is 2.44. The van der Waals surface area contributed by atoms with E-state index in [0.29, 0.717) is 43.6 Å². The van der Waals surface area contributed by atoms with Crippen molar-refractivity contribution in [1.82, 2.24) is 15.6 Å². The molecule has 0 spiro atoms. The lowest BCUT2D eigenvalue weighted by Crippen LogP contribution is -2.69. The van der Waals surface area contributed by atoms with Gasteiger partial charge >= 0.3 is 12.7 Å². The maximum Gasteiger partial charge on any atom is 0.454 e. The molecule has 400 valence electrons. The van der Waals surface area contributed by atoms with E-state index in [1.165, 1.54) is 66.7 Å². The zero-order chi connectivity index (χ0) is 55.4. The quantitative estimate of drug-likeness (QED) is 0.00760. The summed E-state index contributed by atoms with van der Waals surface area (Å²) in [5.41, 5.74) is 3.37. The topological polar surface area (TPSA) is 371 Å². The number of carbonyl (C=O) groups excluding carboxylic acids is 5. The van der Waals surface area contributed by atoms with E-state index in [1.807, 2.05) is 0 Å². The average Bonchev–Trinajstić information content (AvgIpc) is 3.43. The third-order valence-electron chi connectivity index (χ3n) is 12.8. The maximum absolute atomic E-state index is 13.4. The van der Waals surface area contributed by atoms with Crippen LogP contribution in [0.25, 0.3) is 33.4 Å². The molecule has 3 aliphatic rings. The van der Waals surface area contributed by atoms with Crippen molar-refractivity contribution in [2.45, 2.75) is 81.4 Å². The maximum atomic E-state index is 13.4. The molecule has 2 aliphatic heterocycles. The number of unbranched alkanes of at least 4 members (excludes halogenated alkanes) is 2. The second kappa shape index (κ2) is 22.6. The van der Waals surface area contributed by atoms with E-state index < -0.39 is 88.4 Å². The Hall–Kier alpha value is -7.81. The fourth-order valence-electron chi connectivity index (χ4n) is 8.91. The van der Waals surface area contributed by atoms with Gasteiger partial charge in [0.1, 0.15) is 5.78 Å². The number of benzene rings is 5. The highest BCUT2D eigenvalue weighted by atomic mass is 32.2. The number of nitrogen functional groups attached to an aromatic ring is 1. The molecule has 0 bridgehead atoms. The summed E-state index contributed by atoms with van der Waals surface area (Å²) in [4.78, 5) is 75.6. The van der Waals surface area contributed by atoms with Crippen molar-refractivity contribution >= 4 is 84.3 Å². The molecule has 25 heteroatoms. The first-order chi connectivity index (χ1) is 35.8. The van der Waals surface area contributed by atoms with Crippen LogP contribution in [0, 0.1) is 11.3 Å². The largest absolute Gasteiger partial charge is 0.670 e. The summed E-state index contributed by atoms with van der Waals surface area (Å²) < 4.78 is 81.7. The Bertz CT molecular complexity index is 3590. The second-order valence-electron chi connectivity index (χ2n) is 18.6. The van der Waals surface area contributed by atoms with Gasteiger partial charge in [-0.3, -0.25) is 38.5 Å². The number of fused-ring (bicyclic) bond motifs is 3. The molecule has 3 amide bonds. The monoisotopic (exact) mass is 1080 g/mol. The third-order valence-corrected chi connectivity index (χ3v) is 14.6. The fourth-order valence-corrected chi connectivity index (χ4v) is 10.4. The minimum atomic E-state index is -5.25. The predicted octanol–water partition coefficient (Wildman–Crippen LogP) is 5.60. The summed E-state index contributed by atoms with van der Waals surface area (Å²) >= 11 is 0. The molecule has 0 fully saturated rings. The van der Waals surface area contributed by atoms with Gasteiger partial charge in [-0.05, 0) is 91.8 Å². The van der Waals surface area contributed by atoms with Gasteiger partial charge in [0.25, 0.3) is 32.1 Å². The number of rotatable bonds is 22. The SMILES string of the molecule is CC(C)CCCC(=O)CCCCCC(=O)c1ccc([B-]2(O)Oc3cc(C(=O)NCCCNC(=O)c4ccc(-c5c6ccc(=N)c(S(=O)(=O)O)c-6oc6c(S(=O)(=O)O)c(N)ccc56)c(C(=O)O)c4)ccc3C(=O)N2O)cc1. The van der Waals surface area contributed by atoms with Crippen LogP contribution in [0.5, 0.6) is 5.75 Å². The number of anilines is 1. The molecule has 4 aromatic rings. The molecule has 0 saturated heterocycles. The van der Waals surface area contributed by atoms with E-state index in [0.717, 1.165) is 31.0 Å². The van der Waals surface area contributed by atoms with E-state index in [1.54, 1.807) is 0 Å². The molecule has 7 rings (SSSR count). The van der Waals surface area contributed by atoms with Gasteiger partial charge in [-0.25, -0.2) is 4.79 Å². The smallest absolute Gasteiger partial charge is 0.454 e. The number of nitrogens with two attached hydrogens (primary N) is 1. The standard InChI is InChI=1S/C51H53BN5O17S2/c1-28(2)8-6-10-33(58)9-4-3-5-11-41(59)29-12-16-32(17-13-29)52(65)57(66)50(62)35-19-15-31(27-42(35)74-52)49(61)56-25-7-24-55-48(60)30-14-18-34(38(26-30)51(63)64)43-36-20-22-39(53)46(75(67,68)69)44(36)73-45-37(43)21-23-40(54)47(45)76(70,71)72/h12-23,26-28,53,65-66H,3-11,24-25,54H2,1-2H3,(H,55,60)(H,56,61)(H,63,64)(H,67,68,69)(H,70,71,72)/q-1. The van der Waals surface area contributed by atoms with Gasteiger partial charge in [-0.15, -0.1) is 5.46 Å². The lowest BCUT2D eigenvalue weighted by molar-refractivity contribution is -0.119. The number of amides is 3. The van der Waals surface area contributed by atoms with Crippen molar-refractivity contribution in [2.24, 2.45) is 5.92 Å². The molecule has 4 aromatic carbocycles. The normalized spacial score (nSPS) is 14.6. The average molecular weight is 1080 g/mol. The Morgan fingerprint density at radius 2 is 1.30 bits per heavy atom. The molecule has 76 heavy (non-hydrogen) atoms. The molecule has 0 saturated carbocycles. The first-order valence-electron chi connectivity index (χ1n) is 24.0. The van der Waals surface area contributed by atoms with E-state index in [9.17, 15) is 70.0 Å². The zero-order valence-electron chi connectivity index (χ0n) is 41.0. The van der Waals surface area contributed by atoms with Gasteiger partial charge in [0.2, 0.25) is 5.91 Å². The minimum Gasteiger partial charge on any atom is -0.670 e. The van der Waals surface area contributed by atoms with Crippen LogP contribution in [0.1, 0.15) is 123 Å². The Labute approximate surface area is 435 Å². The first kappa shape index (κ1) is 55.9. The lowest BCUT2D eigenvalue weighted by atomic mass is 9.62. The van der Waals surface area contributed by atoms with Crippen LogP contribution in [0.3, 0.4) is 0 Å². The van der Waals surface area contributed by atoms with Gasteiger partial charge in [-0.1, -0.05) is 57.0 Å². The van der Waals surface area contributed by atoms with Crippen LogP contribution >= 0.6 is 0 Å². The zero-order valence-corrected chi connectivity index (χ0v) is 42.6. The second-order valence-corrected chi connectivity index (χ2v) is 21.4.